The number of hydrogen-bond acceptors (Lipinski definition) is 5. The minimum absolute atomic E-state index is 0.109. The van der Waals surface area contributed by atoms with E-state index in [1.165, 1.54) is 6.07 Å². The fraction of sp³-hybridized carbons (Fsp3) is 0.278. The van der Waals surface area contributed by atoms with E-state index in [1.54, 1.807) is 23.9 Å². The van der Waals surface area contributed by atoms with E-state index >= 15 is 0 Å². The maximum absolute atomic E-state index is 12.5. The number of hydrogen-bond donors (Lipinski definition) is 1. The first-order valence-corrected chi connectivity index (χ1v) is 11.9. The molecule has 0 aliphatic carbocycles. The van der Waals surface area contributed by atoms with Gasteiger partial charge in [-0.15, -0.1) is 11.8 Å². The number of sulfonamides is 1. The van der Waals surface area contributed by atoms with Gasteiger partial charge in [-0.2, -0.15) is 0 Å². The number of nitrogens with zero attached hydrogens (tertiary/aromatic N) is 1. The van der Waals surface area contributed by atoms with Gasteiger partial charge < -0.3 is 10.1 Å². The Morgan fingerprint density at radius 3 is 2.57 bits per heavy atom. The van der Waals surface area contributed by atoms with Crippen molar-refractivity contribution in [2.75, 3.05) is 29.4 Å². The molecule has 1 heterocycles. The molecule has 1 aliphatic heterocycles. The van der Waals surface area contributed by atoms with Crippen molar-refractivity contribution >= 4 is 56.6 Å². The second kappa shape index (κ2) is 8.82. The molecule has 0 saturated carbocycles. The molecule has 0 aromatic heterocycles. The largest absolute Gasteiger partial charge is 0.476 e. The van der Waals surface area contributed by atoms with E-state index in [4.69, 9.17) is 27.9 Å². The number of anilines is 1. The van der Waals surface area contributed by atoms with Crippen LogP contribution in [0.25, 0.3) is 0 Å². The molecule has 2 aromatic carbocycles. The molecule has 0 radical (unpaired) electrons. The highest BCUT2D eigenvalue weighted by Crippen LogP contribution is 2.37. The van der Waals surface area contributed by atoms with Gasteiger partial charge in [-0.1, -0.05) is 23.2 Å². The van der Waals surface area contributed by atoms with Crippen molar-refractivity contribution in [1.82, 2.24) is 5.32 Å². The predicted molar refractivity (Wildman–Crippen MR) is 113 cm³/mol. The molecule has 0 fully saturated rings. The van der Waals surface area contributed by atoms with E-state index in [-0.39, 0.29) is 12.5 Å². The topological polar surface area (TPSA) is 75.7 Å². The Balaban J connectivity index is 1.61. The molecule has 2 aromatic rings. The number of carbonyl (C=O) groups is 1. The Morgan fingerprint density at radius 1 is 1.21 bits per heavy atom. The number of carbonyl (C=O) groups excluding carboxylic acids is 1. The summed E-state index contributed by atoms with van der Waals surface area (Å²) in [4.78, 5) is 13.5. The lowest BCUT2D eigenvalue weighted by atomic mass is 10.2. The SMILES string of the molecule is CS(=O)(=O)N1CC(C(=O)NCCSc2ccc(Cl)cc2)Oc2ccc(Cl)cc21. The van der Waals surface area contributed by atoms with Gasteiger partial charge in [-0.25, -0.2) is 8.42 Å². The molecule has 10 heteroatoms. The first-order valence-electron chi connectivity index (χ1n) is 8.34. The number of amides is 1. The monoisotopic (exact) mass is 460 g/mol. The van der Waals surface area contributed by atoms with Crippen molar-refractivity contribution in [1.29, 1.82) is 0 Å². The van der Waals surface area contributed by atoms with Crippen LogP contribution >= 0.6 is 35.0 Å². The van der Waals surface area contributed by atoms with Gasteiger partial charge in [-0.3, -0.25) is 9.10 Å². The van der Waals surface area contributed by atoms with Crippen molar-refractivity contribution < 1.29 is 17.9 Å². The smallest absolute Gasteiger partial charge is 0.263 e. The molecule has 3 rings (SSSR count). The summed E-state index contributed by atoms with van der Waals surface area (Å²) in [6.07, 6.45) is 0.143. The van der Waals surface area contributed by atoms with E-state index in [2.05, 4.69) is 5.32 Å². The second-order valence-electron chi connectivity index (χ2n) is 6.11. The van der Waals surface area contributed by atoms with Gasteiger partial charge in [0.1, 0.15) is 5.75 Å². The van der Waals surface area contributed by atoms with Crippen LogP contribution in [0.2, 0.25) is 10.0 Å². The van der Waals surface area contributed by atoms with Crippen LogP contribution < -0.4 is 14.4 Å². The number of halogens is 2. The molecule has 150 valence electrons. The maximum Gasteiger partial charge on any atom is 0.263 e. The number of fused-ring (bicyclic) bond motifs is 1. The van der Waals surface area contributed by atoms with Crippen LogP contribution in [0.15, 0.2) is 47.4 Å². The lowest BCUT2D eigenvalue weighted by Crippen LogP contribution is -2.50. The quantitative estimate of drug-likeness (QED) is 0.527. The molecule has 0 bridgehead atoms. The highest BCUT2D eigenvalue weighted by molar-refractivity contribution is 7.99. The van der Waals surface area contributed by atoms with Gasteiger partial charge in [0.15, 0.2) is 6.10 Å². The van der Waals surface area contributed by atoms with E-state index in [9.17, 15) is 13.2 Å². The average molecular weight is 461 g/mol. The first-order chi connectivity index (χ1) is 13.2. The van der Waals surface area contributed by atoms with Gasteiger partial charge >= 0.3 is 0 Å². The fourth-order valence-electron chi connectivity index (χ4n) is 2.66. The summed E-state index contributed by atoms with van der Waals surface area (Å²) in [5.74, 6) is 0.588. The first kappa shape index (κ1) is 21.1. The third-order valence-electron chi connectivity index (χ3n) is 3.97. The third kappa shape index (κ3) is 5.26. The molecule has 0 spiro atoms. The van der Waals surface area contributed by atoms with E-state index < -0.39 is 16.1 Å². The Hall–Kier alpha value is -1.61. The fourth-order valence-corrected chi connectivity index (χ4v) is 4.63. The third-order valence-corrected chi connectivity index (χ3v) is 6.61. The summed E-state index contributed by atoms with van der Waals surface area (Å²) in [6, 6.07) is 12.1. The van der Waals surface area contributed by atoms with Gasteiger partial charge in [-0.05, 0) is 42.5 Å². The van der Waals surface area contributed by atoms with Crippen molar-refractivity contribution in [3.05, 3.63) is 52.5 Å². The Labute approximate surface area is 178 Å². The summed E-state index contributed by atoms with van der Waals surface area (Å²) >= 11 is 13.4. The second-order valence-corrected chi connectivity index (χ2v) is 10.1. The van der Waals surface area contributed by atoms with Crippen LogP contribution in [0.1, 0.15) is 0 Å². The highest BCUT2D eigenvalue weighted by Gasteiger charge is 2.35. The van der Waals surface area contributed by atoms with Crippen LogP contribution in [-0.2, 0) is 14.8 Å². The number of rotatable bonds is 6. The molecule has 1 unspecified atom stereocenters. The molecule has 1 amide bonds. The summed E-state index contributed by atoms with van der Waals surface area (Å²) in [6.45, 7) is 0.306. The number of benzene rings is 2. The summed E-state index contributed by atoms with van der Waals surface area (Å²) in [7, 11) is -3.59. The lowest BCUT2D eigenvalue weighted by molar-refractivity contribution is -0.127. The van der Waals surface area contributed by atoms with Gasteiger partial charge in [0, 0.05) is 27.2 Å². The Kier molecular flexibility index (Phi) is 6.65. The number of nitrogens with one attached hydrogen (secondary N) is 1. The molecular formula is C18H18Cl2N2O4S2. The zero-order valence-electron chi connectivity index (χ0n) is 14.9. The van der Waals surface area contributed by atoms with Crippen LogP contribution in [0, 0.1) is 0 Å². The van der Waals surface area contributed by atoms with Crippen LogP contribution in [0.5, 0.6) is 5.75 Å². The lowest BCUT2D eigenvalue weighted by Gasteiger charge is -2.34. The number of thioether (sulfide) groups is 1. The molecule has 1 aliphatic rings. The van der Waals surface area contributed by atoms with Crippen LogP contribution in [-0.4, -0.2) is 45.5 Å². The molecule has 1 atom stereocenters. The van der Waals surface area contributed by atoms with Crippen molar-refractivity contribution in [3.63, 3.8) is 0 Å². The maximum atomic E-state index is 12.5. The van der Waals surface area contributed by atoms with E-state index in [1.807, 2.05) is 24.3 Å². The van der Waals surface area contributed by atoms with E-state index in [0.717, 1.165) is 15.5 Å². The molecule has 0 saturated heterocycles. The minimum Gasteiger partial charge on any atom is -0.476 e. The van der Waals surface area contributed by atoms with Crippen LogP contribution in [0.4, 0.5) is 5.69 Å². The van der Waals surface area contributed by atoms with E-state index in [0.29, 0.717) is 33.8 Å². The summed E-state index contributed by atoms with van der Waals surface area (Å²) in [5.41, 5.74) is 0.331. The van der Waals surface area contributed by atoms with Gasteiger partial charge in [0.05, 0.1) is 18.5 Å². The van der Waals surface area contributed by atoms with Crippen molar-refractivity contribution in [2.45, 2.75) is 11.0 Å². The zero-order valence-corrected chi connectivity index (χ0v) is 18.0. The number of ether oxygens (including phenoxy) is 1. The highest BCUT2D eigenvalue weighted by atomic mass is 35.5. The van der Waals surface area contributed by atoms with Gasteiger partial charge in [0.25, 0.3) is 5.91 Å². The average Bonchev–Trinajstić information content (AvgIpc) is 2.64. The van der Waals surface area contributed by atoms with Crippen molar-refractivity contribution in [3.8, 4) is 5.75 Å². The Bertz CT molecular complexity index is 968. The molecular weight excluding hydrogens is 443 g/mol. The predicted octanol–water partition coefficient (Wildman–Crippen LogP) is 3.43. The molecule has 6 nitrogen and oxygen atoms in total. The van der Waals surface area contributed by atoms with Gasteiger partial charge in [0.2, 0.25) is 10.0 Å². The summed E-state index contributed by atoms with van der Waals surface area (Å²) in [5, 5.41) is 3.85. The minimum atomic E-state index is -3.59. The summed E-state index contributed by atoms with van der Waals surface area (Å²) < 4.78 is 31.2. The Morgan fingerprint density at radius 2 is 1.89 bits per heavy atom. The zero-order chi connectivity index (χ0) is 20.3. The normalized spacial score (nSPS) is 16.2. The standard InChI is InChI=1S/C18H18Cl2N2O4S2/c1-28(24,25)22-11-17(26-16-7-4-13(20)10-15(16)22)18(23)21-8-9-27-14-5-2-12(19)3-6-14/h2-7,10,17H,8-9,11H2,1H3,(H,21,23). The molecule has 28 heavy (non-hydrogen) atoms. The van der Waals surface area contributed by atoms with Crippen LogP contribution in [0.3, 0.4) is 0 Å². The van der Waals surface area contributed by atoms with Crippen molar-refractivity contribution in [2.24, 2.45) is 0 Å². The molecule has 1 N–H and O–H groups in total.